The van der Waals surface area contributed by atoms with E-state index in [9.17, 15) is 67.5 Å². The van der Waals surface area contributed by atoms with Crippen molar-refractivity contribution >= 4 is 166 Å². The summed E-state index contributed by atoms with van der Waals surface area (Å²) < 4.78 is 111. The molecular formula is C86H99N27O17S4. The molecule has 4 aliphatic heterocycles. The van der Waals surface area contributed by atoms with Crippen LogP contribution in [0.25, 0.3) is 44.1 Å². The second kappa shape index (κ2) is 35.8. The molecule has 4 amide bonds. The van der Waals surface area contributed by atoms with Crippen molar-refractivity contribution in [2.24, 2.45) is 38.1 Å². The number of benzene rings is 4. The number of hydrazine groups is 3. The summed E-state index contributed by atoms with van der Waals surface area (Å²) in [7, 11) is -13.6. The van der Waals surface area contributed by atoms with Crippen LogP contribution in [0.1, 0.15) is 184 Å². The van der Waals surface area contributed by atoms with Crippen molar-refractivity contribution < 1.29 is 77.0 Å². The van der Waals surface area contributed by atoms with E-state index in [-0.39, 0.29) is 67.4 Å². The van der Waals surface area contributed by atoms with Gasteiger partial charge in [0.05, 0.1) is 49.8 Å². The van der Waals surface area contributed by atoms with Crippen LogP contribution in [-0.4, -0.2) is 166 Å². The Morgan fingerprint density at radius 1 is 0.403 bits per heavy atom. The van der Waals surface area contributed by atoms with Gasteiger partial charge in [0, 0.05) is 88.8 Å². The lowest BCUT2D eigenvalue weighted by Gasteiger charge is -2.47. The topological polar surface area (TPSA) is 644 Å². The predicted octanol–water partition coefficient (Wildman–Crippen LogP) is 7.20. The van der Waals surface area contributed by atoms with Crippen molar-refractivity contribution in [1.29, 1.82) is 0 Å². The molecule has 4 aliphatic carbocycles. The highest BCUT2D eigenvalue weighted by Gasteiger charge is 2.56. The molecule has 4 fully saturated rings. The zero-order chi connectivity index (χ0) is 95.1. The third-order valence-electron chi connectivity index (χ3n) is 25.9. The molecule has 48 heteroatoms. The van der Waals surface area contributed by atoms with Crippen LogP contribution in [-0.2, 0) is 107 Å². The summed E-state index contributed by atoms with van der Waals surface area (Å²) in [6, 6.07) is 31.2. The van der Waals surface area contributed by atoms with Gasteiger partial charge in [-0.05, 0) is 180 Å². The van der Waals surface area contributed by atoms with Crippen LogP contribution in [0, 0.1) is 0 Å². The second-order valence-electron chi connectivity index (χ2n) is 34.6. The van der Waals surface area contributed by atoms with E-state index < -0.39 is 86.9 Å². The van der Waals surface area contributed by atoms with E-state index in [1.54, 1.807) is 85.5 Å². The Labute approximate surface area is 767 Å². The minimum absolute atomic E-state index is 0.0121. The van der Waals surface area contributed by atoms with Crippen LogP contribution in [0.2, 0.25) is 0 Å². The molecule has 44 nitrogen and oxygen atoms in total. The number of carbonyl (C=O) groups excluding carboxylic acids is 6. The SMILES string of the molecule is CC(=O)CN1C(=O)C2(CCCCC2)n2c(cc3cnc(Nc4ccc(S(N)(=O)=O)cc4)nc32)C1O.CC(=O)OC1c2cc3cnc(Nc4ccc(S(N)(=O)=O)cc4)nc3n2C2(CCCCC2)C(=O)N1N.COC1c2cc3cnc(Nc4ccc(S(N)(=O)=O)cc4)nc3n2C2(CCCCC2)C(=O)N1N.NN1Cc2cc3cnc(Nc4ccc(S(N)(=O)=O)cc4)nc3n2C2(CCCCC2)C1=O. The van der Waals surface area contributed by atoms with E-state index in [0.717, 1.165) is 117 Å². The first kappa shape index (κ1) is 92.9. The molecule has 19 N–H and O–H groups in total. The molecule has 4 aromatic carbocycles. The summed E-state index contributed by atoms with van der Waals surface area (Å²) in [6.07, 6.45) is 20.1. The number of nitrogens with one attached hydrogen (secondary N) is 4. The Balaban J connectivity index is 0.000000125. The maximum absolute atomic E-state index is 13.7. The quantitative estimate of drug-likeness (QED) is 0.0258. The number of hydrogen-bond donors (Lipinski definition) is 12. The summed E-state index contributed by atoms with van der Waals surface area (Å²) in [5, 5.41) is 50.4. The van der Waals surface area contributed by atoms with E-state index in [1.165, 1.54) is 84.4 Å². The maximum atomic E-state index is 13.7. The highest BCUT2D eigenvalue weighted by atomic mass is 32.2. The van der Waals surface area contributed by atoms with Crippen LogP contribution in [0.15, 0.2) is 166 Å². The molecule has 4 spiro atoms. The number of hydrogen-bond acceptors (Lipinski definition) is 32. The number of ketones is 1. The highest BCUT2D eigenvalue weighted by Crippen LogP contribution is 2.51. The van der Waals surface area contributed by atoms with E-state index in [1.807, 2.05) is 25.8 Å². The molecule has 0 saturated heterocycles. The van der Waals surface area contributed by atoms with Gasteiger partial charge in [0.2, 0.25) is 70.1 Å². The zero-order valence-corrected chi connectivity index (χ0v) is 76.2. The number of aliphatic hydroxyl groups is 1. The Kier molecular flexibility index (Phi) is 24.8. The minimum Gasteiger partial charge on any atom is -0.434 e. The lowest BCUT2D eigenvalue weighted by atomic mass is 9.78. The number of methoxy groups -OCH3 is 1. The van der Waals surface area contributed by atoms with Crippen LogP contribution in [0.3, 0.4) is 0 Å². The van der Waals surface area contributed by atoms with E-state index >= 15 is 0 Å². The smallest absolute Gasteiger partial charge is 0.304 e. The van der Waals surface area contributed by atoms with E-state index in [4.69, 9.17) is 57.5 Å². The molecule has 134 heavy (non-hydrogen) atoms. The molecular weight excluding hydrogens is 1810 g/mol. The number of amides is 4. The number of nitrogens with two attached hydrogens (primary N) is 7. The van der Waals surface area contributed by atoms with Crippen LogP contribution in [0.4, 0.5) is 46.5 Å². The molecule has 3 atom stereocenters. The number of aliphatic hydroxyl groups excluding tert-OH is 1. The first-order chi connectivity index (χ1) is 63.7. The normalized spacial score (nSPS) is 19.5. The van der Waals surface area contributed by atoms with E-state index in [2.05, 4.69) is 55.7 Å². The molecule has 8 aromatic heterocycles. The van der Waals surface area contributed by atoms with Gasteiger partial charge < -0.3 is 59.0 Å². The molecule has 0 bridgehead atoms. The molecule has 20 rings (SSSR count). The number of sulfonamides is 4. The number of esters is 1. The van der Waals surface area contributed by atoms with Crippen LogP contribution in [0.5, 0.6) is 0 Å². The van der Waals surface area contributed by atoms with Crippen molar-refractivity contribution in [3.8, 4) is 0 Å². The lowest BCUT2D eigenvalue weighted by Crippen LogP contribution is -2.60. The Morgan fingerprint density at radius 3 is 1.00 bits per heavy atom. The first-order valence-corrected chi connectivity index (χ1v) is 49.5. The van der Waals surface area contributed by atoms with Gasteiger partial charge in [0.25, 0.3) is 23.6 Å². The number of carbonyl (C=O) groups is 6. The molecule has 0 radical (unpaired) electrons. The average Bonchev–Trinajstić information content (AvgIpc) is 1.54. The molecule has 704 valence electrons. The fourth-order valence-electron chi connectivity index (χ4n) is 19.9. The third-order valence-corrected chi connectivity index (χ3v) is 29.6. The van der Waals surface area contributed by atoms with E-state index in [0.29, 0.717) is 124 Å². The Bertz CT molecular complexity index is 7160. The number of Topliss-reactive ketones (excluding diaryl/α,β-unsaturated/α-hetero) is 1. The van der Waals surface area contributed by atoms with Gasteiger partial charge in [0.15, 0.2) is 12.5 Å². The molecule has 12 aromatic rings. The van der Waals surface area contributed by atoms with Crippen LogP contribution >= 0.6 is 0 Å². The summed E-state index contributed by atoms with van der Waals surface area (Å²) >= 11 is 0. The fourth-order valence-corrected chi connectivity index (χ4v) is 21.9. The average molecular weight is 1910 g/mol. The van der Waals surface area contributed by atoms with Crippen molar-refractivity contribution in [2.75, 3.05) is 34.9 Å². The molecule has 4 saturated carbocycles. The monoisotopic (exact) mass is 1910 g/mol. The van der Waals surface area contributed by atoms with Gasteiger partial charge in [-0.25, -0.2) is 102 Å². The number of nitrogens with zero attached hydrogens (tertiary/aromatic N) is 16. The standard InChI is InChI=1S/C23H26N6O5S.C22H25N7O5S.C21H25N7O4S.C20H23N7O3S/c1-14(30)13-28-20(31)18-11-15-12-25-22(26-16-5-7-17(8-6-16)35(24,33)34)27-19(15)29(18)23(21(28)32)9-3-2-4-10-23;1-13(30)34-19-17-11-14-12-25-21(26-15-5-7-16(8-6-15)35(24,32)33)27-18(14)28(17)22(20(31)29(19)23)9-3-2-4-10-22;1-32-18-16-11-13-12-24-20(25-14-5-7-15(8-6-14)33(23,30)31)26-17(13)27(16)21(19(29)28(18)22)9-3-2-4-10-21;21-26-12-15-10-13-11-23-19(24-14-4-6-16(7-5-14)31(22,29)30)25-17(13)27(15)20(18(26)28)8-2-1-3-9-20/h5-8,11-12,20,31H,2-4,9-10,13H2,1H3,(H2,24,33,34)(H,25,26,27);5-8,11-12,19H,2-4,9-10,23H2,1H3,(H2,24,32,33)(H,25,26,27);5-8,11-12,18H,2-4,9-10,22H2,1H3,(H2,23,30,31)(H,24,25,26);4-7,10-11H,1-3,8-9,12,21H2,(H2,22,29,30)(H,23,24,25). The number of aromatic nitrogens is 12. The second-order valence-corrected chi connectivity index (χ2v) is 40.9. The fraction of sp³-hybridized carbons (Fsp3) is 0.372. The Hall–Kier alpha value is -13.0. The lowest BCUT2D eigenvalue weighted by molar-refractivity contribution is -0.176. The first-order valence-electron chi connectivity index (χ1n) is 43.3. The summed E-state index contributed by atoms with van der Waals surface area (Å²) in [5.41, 5.74) is 4.07. The number of ether oxygens (including phenoxy) is 2. The number of rotatable bonds is 16. The van der Waals surface area contributed by atoms with Gasteiger partial charge in [0.1, 0.15) is 50.5 Å². The highest BCUT2D eigenvalue weighted by molar-refractivity contribution is 7.90. The van der Waals surface area contributed by atoms with Crippen molar-refractivity contribution in [3.05, 3.63) is 169 Å². The summed E-state index contributed by atoms with van der Waals surface area (Å²) in [6.45, 7) is 2.83. The van der Waals surface area contributed by atoms with Crippen molar-refractivity contribution in [3.63, 3.8) is 0 Å². The van der Waals surface area contributed by atoms with Crippen molar-refractivity contribution in [1.82, 2.24) is 78.1 Å². The van der Waals surface area contributed by atoms with Crippen molar-refractivity contribution in [2.45, 2.75) is 209 Å². The number of fused-ring (bicyclic) bond motifs is 16. The largest absolute Gasteiger partial charge is 0.434 e. The van der Waals surface area contributed by atoms with Gasteiger partial charge in [-0.1, -0.05) is 77.0 Å². The summed E-state index contributed by atoms with van der Waals surface area (Å²) in [4.78, 5) is 115. The van der Waals surface area contributed by atoms with Gasteiger partial charge in [-0.3, -0.25) is 33.8 Å². The third kappa shape index (κ3) is 17.4. The van der Waals surface area contributed by atoms with Crippen LogP contribution < -0.4 is 59.4 Å². The molecule has 12 heterocycles. The minimum atomic E-state index is -3.81. The van der Waals surface area contributed by atoms with Gasteiger partial charge in [-0.2, -0.15) is 19.9 Å². The molecule has 8 aliphatic rings. The predicted molar refractivity (Wildman–Crippen MR) is 487 cm³/mol. The molecule has 3 unspecified atom stereocenters. The number of anilines is 8. The Morgan fingerprint density at radius 2 is 0.687 bits per heavy atom. The number of primary sulfonamides is 4. The van der Waals surface area contributed by atoms with Gasteiger partial charge >= 0.3 is 5.97 Å². The zero-order valence-electron chi connectivity index (χ0n) is 73.0. The summed E-state index contributed by atoms with van der Waals surface area (Å²) in [5.74, 6) is 18.0. The maximum Gasteiger partial charge on any atom is 0.304 e. The van der Waals surface area contributed by atoms with Gasteiger partial charge in [-0.15, -0.1) is 0 Å².